The number of nitrogens with zero attached hydrogens (tertiary/aromatic N) is 7. The number of hydrogen-bond donors (Lipinski definition) is 3. The summed E-state index contributed by atoms with van der Waals surface area (Å²) in [5.41, 5.74) is 9.05. The maximum Gasteiger partial charge on any atom is 0.226 e. The molecule has 1 aliphatic carbocycles. The second kappa shape index (κ2) is 12.2. The molecule has 4 N–H and O–H groups in total. The van der Waals surface area contributed by atoms with Crippen LogP contribution in [0.15, 0.2) is 41.4 Å². The van der Waals surface area contributed by atoms with Crippen LogP contribution >= 0.6 is 23.2 Å². The summed E-state index contributed by atoms with van der Waals surface area (Å²) in [5, 5.41) is 12.8. The molecule has 0 bridgehead atoms. The Morgan fingerprint density at radius 1 is 1.00 bits per heavy atom. The molecule has 12 heteroatoms. The van der Waals surface area contributed by atoms with Gasteiger partial charge in [0.1, 0.15) is 11.6 Å². The number of aliphatic imine (C=N–C) groups is 1. The molecule has 4 aromatic rings. The number of halogens is 2. The maximum atomic E-state index is 6.56. The number of piperidine rings is 1. The minimum Gasteiger partial charge on any atom is -0.383 e. The molecule has 2 aliphatic rings. The molecule has 1 saturated carbocycles. The number of aromatic nitrogens is 5. The summed E-state index contributed by atoms with van der Waals surface area (Å²) in [6.07, 6.45) is 6.60. The highest BCUT2D eigenvalue weighted by Gasteiger charge is 2.29. The van der Waals surface area contributed by atoms with Gasteiger partial charge in [-0.05, 0) is 75.0 Å². The van der Waals surface area contributed by atoms with Crippen molar-refractivity contribution in [2.75, 3.05) is 56.1 Å². The molecule has 0 atom stereocenters. The van der Waals surface area contributed by atoms with E-state index < -0.39 is 0 Å². The van der Waals surface area contributed by atoms with Gasteiger partial charge < -0.3 is 21.3 Å². The molecule has 41 heavy (non-hydrogen) atoms. The number of nitrogen functional groups attached to an aromatic ring is 1. The predicted molar refractivity (Wildman–Crippen MR) is 167 cm³/mol. The second-order valence-electron chi connectivity index (χ2n) is 10.8. The van der Waals surface area contributed by atoms with Crippen molar-refractivity contribution >= 4 is 52.6 Å². The Morgan fingerprint density at radius 2 is 1.80 bits per heavy atom. The Balaban J connectivity index is 1.21. The summed E-state index contributed by atoms with van der Waals surface area (Å²) in [6.45, 7) is 4.59. The summed E-state index contributed by atoms with van der Waals surface area (Å²) in [7, 11) is 1.70. The molecular weight excluding hydrogens is 559 g/mol. The van der Waals surface area contributed by atoms with Crippen LogP contribution in [0.2, 0.25) is 10.0 Å². The van der Waals surface area contributed by atoms with Crippen molar-refractivity contribution in [1.82, 2.24) is 29.5 Å². The van der Waals surface area contributed by atoms with Gasteiger partial charge in [-0.3, -0.25) is 4.99 Å². The minimum atomic E-state index is 0.333. The molecule has 4 heterocycles. The summed E-state index contributed by atoms with van der Waals surface area (Å²) < 4.78 is 1.80. The number of nitrogens with one attached hydrogen (secondary N) is 2. The largest absolute Gasteiger partial charge is 0.383 e. The highest BCUT2D eigenvalue weighted by atomic mass is 35.5. The Bertz CT molecular complexity index is 1560. The quantitative estimate of drug-likeness (QED) is 0.169. The first-order valence-electron chi connectivity index (χ1n) is 14.1. The van der Waals surface area contributed by atoms with E-state index in [-0.39, 0.29) is 0 Å². The molecule has 10 nitrogen and oxygen atoms in total. The fourth-order valence-corrected chi connectivity index (χ4v) is 5.77. The summed E-state index contributed by atoms with van der Waals surface area (Å²) >= 11 is 12.7. The van der Waals surface area contributed by atoms with Gasteiger partial charge in [-0.25, -0.2) is 15.0 Å². The van der Waals surface area contributed by atoms with Gasteiger partial charge in [-0.15, -0.1) is 5.10 Å². The van der Waals surface area contributed by atoms with Crippen LogP contribution in [0.1, 0.15) is 43.0 Å². The van der Waals surface area contributed by atoms with E-state index >= 15 is 0 Å². The van der Waals surface area contributed by atoms with E-state index in [0.717, 1.165) is 54.4 Å². The number of benzene rings is 1. The third-order valence-corrected chi connectivity index (χ3v) is 8.20. The van der Waals surface area contributed by atoms with Crippen molar-refractivity contribution < 1.29 is 0 Å². The molecule has 1 saturated heterocycles. The Morgan fingerprint density at radius 3 is 2.54 bits per heavy atom. The van der Waals surface area contributed by atoms with E-state index in [1.54, 1.807) is 23.8 Å². The van der Waals surface area contributed by atoms with Crippen molar-refractivity contribution in [2.24, 2.45) is 10.9 Å². The molecule has 1 aliphatic heterocycles. The van der Waals surface area contributed by atoms with Crippen LogP contribution in [0.3, 0.4) is 0 Å². The second-order valence-corrected chi connectivity index (χ2v) is 11.6. The van der Waals surface area contributed by atoms with Crippen LogP contribution in [0.4, 0.5) is 17.6 Å². The Kier molecular flexibility index (Phi) is 8.23. The molecule has 1 aromatic carbocycles. The fourth-order valence-electron chi connectivity index (χ4n) is 5.27. The number of hydrogen-bond acceptors (Lipinski definition) is 9. The maximum absolute atomic E-state index is 6.56. The van der Waals surface area contributed by atoms with Crippen molar-refractivity contribution in [1.29, 1.82) is 0 Å². The zero-order valence-electron chi connectivity index (χ0n) is 23.0. The van der Waals surface area contributed by atoms with E-state index in [9.17, 15) is 0 Å². The topological polar surface area (TPSA) is 122 Å². The molecule has 214 valence electrons. The van der Waals surface area contributed by atoms with Crippen LogP contribution in [-0.4, -0.2) is 75.5 Å². The van der Waals surface area contributed by atoms with Crippen LogP contribution in [-0.2, 0) is 0 Å². The number of likely N-dealkylation sites (tertiary alicyclic amines) is 1. The van der Waals surface area contributed by atoms with Gasteiger partial charge in [0.15, 0.2) is 11.5 Å². The van der Waals surface area contributed by atoms with Crippen molar-refractivity contribution in [2.45, 2.75) is 31.6 Å². The van der Waals surface area contributed by atoms with Gasteiger partial charge in [0, 0.05) is 61.0 Å². The first-order valence-corrected chi connectivity index (χ1v) is 14.8. The van der Waals surface area contributed by atoms with Gasteiger partial charge in [0.25, 0.3) is 0 Å². The lowest BCUT2D eigenvalue weighted by molar-refractivity contribution is 0.202. The first-order chi connectivity index (χ1) is 20.0. The van der Waals surface area contributed by atoms with Crippen LogP contribution in [0, 0.1) is 5.92 Å². The van der Waals surface area contributed by atoms with E-state index in [0.29, 0.717) is 52.3 Å². The molecule has 0 spiro atoms. The lowest BCUT2D eigenvalue weighted by atomic mass is 9.96. The van der Waals surface area contributed by atoms with Crippen LogP contribution in [0.25, 0.3) is 16.9 Å². The van der Waals surface area contributed by atoms with Gasteiger partial charge in [-0.2, -0.15) is 4.52 Å². The summed E-state index contributed by atoms with van der Waals surface area (Å²) in [6, 6.07) is 11.1. The van der Waals surface area contributed by atoms with Crippen molar-refractivity contribution in [3.8, 4) is 11.3 Å². The predicted octanol–water partition coefficient (Wildman–Crippen LogP) is 5.24. The minimum absolute atomic E-state index is 0.333. The average Bonchev–Trinajstić information content (AvgIpc) is 3.67. The molecule has 0 amide bonds. The molecular formula is C29H34Cl2N10. The number of fused-ring (bicyclic) bond motifs is 1. The number of anilines is 3. The van der Waals surface area contributed by atoms with Crippen molar-refractivity contribution in [3.05, 3.63) is 57.8 Å². The van der Waals surface area contributed by atoms with Gasteiger partial charge in [0.2, 0.25) is 5.95 Å². The van der Waals surface area contributed by atoms with E-state index in [2.05, 4.69) is 25.5 Å². The number of rotatable bonds is 10. The molecule has 0 radical (unpaired) electrons. The lowest BCUT2D eigenvalue weighted by Crippen LogP contribution is -2.34. The Hall–Kier alpha value is -3.47. The molecule has 2 fully saturated rings. The number of pyridine rings is 1. The van der Waals surface area contributed by atoms with Gasteiger partial charge >= 0.3 is 0 Å². The van der Waals surface area contributed by atoms with E-state index in [1.807, 2.05) is 30.3 Å². The smallest absolute Gasteiger partial charge is 0.226 e. The average molecular weight is 594 g/mol. The monoisotopic (exact) mass is 592 g/mol. The lowest BCUT2D eigenvalue weighted by Gasteiger charge is -2.30. The summed E-state index contributed by atoms with van der Waals surface area (Å²) in [5.74, 6) is 3.83. The highest BCUT2D eigenvalue weighted by Crippen LogP contribution is 2.34. The van der Waals surface area contributed by atoms with Crippen LogP contribution in [0.5, 0.6) is 0 Å². The third-order valence-electron chi connectivity index (χ3n) is 7.65. The molecule has 6 rings (SSSR count). The van der Waals surface area contributed by atoms with E-state index in [4.69, 9.17) is 44.0 Å². The van der Waals surface area contributed by atoms with Crippen molar-refractivity contribution in [3.63, 3.8) is 0 Å². The zero-order chi connectivity index (χ0) is 28.3. The Labute approximate surface area is 249 Å². The highest BCUT2D eigenvalue weighted by molar-refractivity contribution is 6.36. The zero-order valence-corrected chi connectivity index (χ0v) is 24.5. The molecule has 3 aromatic heterocycles. The summed E-state index contributed by atoms with van der Waals surface area (Å²) in [4.78, 5) is 20.9. The molecule has 0 unspecified atom stereocenters. The van der Waals surface area contributed by atoms with Crippen LogP contribution < -0.4 is 16.4 Å². The van der Waals surface area contributed by atoms with E-state index in [1.165, 1.54) is 19.4 Å². The fraction of sp³-hybridized carbons (Fsp3) is 0.414. The van der Waals surface area contributed by atoms with Gasteiger partial charge in [0.05, 0.1) is 10.7 Å². The first kappa shape index (κ1) is 27.7. The third kappa shape index (κ3) is 6.55. The standard InChI is InChI=1S/C29H34Cl2N10/c1-33-16-20-4-7-25(37-27(20)32)34-10-11-35-29-36-24(22-6-5-21(30)14-23(22)31)15-26-38-28(39-41(26)29)19-8-12-40(13-9-19)17-18-2-3-18/h4-7,14-16,18-19H,2-3,8-13,17H2,1H3,(H,35,36)(H3,32,34,37). The van der Waals surface area contributed by atoms with Gasteiger partial charge in [-0.1, -0.05) is 23.2 Å². The number of nitrogens with two attached hydrogens (primary N) is 1. The SMILES string of the molecule is CN=Cc1ccc(NCCNc2nc(-c3ccc(Cl)cc3Cl)cc3nc(C4CCN(CC5CC5)CC4)nn23)nc1N. The normalized spacial score (nSPS) is 16.6.